The van der Waals surface area contributed by atoms with Gasteiger partial charge in [-0.2, -0.15) is 0 Å². The minimum atomic E-state index is -0.943. The number of halogens is 2. The Morgan fingerprint density at radius 3 is 2.43 bits per heavy atom. The molecule has 0 radical (unpaired) electrons. The van der Waals surface area contributed by atoms with Crippen LogP contribution >= 0.6 is 11.6 Å². The first-order valence-electron chi connectivity index (χ1n) is 11.2. The summed E-state index contributed by atoms with van der Waals surface area (Å²) in [7, 11) is 0. The van der Waals surface area contributed by atoms with Crippen LogP contribution in [0.1, 0.15) is 5.56 Å². The quantitative estimate of drug-likeness (QED) is 0.552. The van der Waals surface area contributed by atoms with E-state index in [1.165, 1.54) is 18.2 Å². The zero-order chi connectivity index (χ0) is 24.3. The monoisotopic (exact) mass is 487 g/mol. The minimum Gasteiger partial charge on any atom is -0.351 e. The number of para-hydroxylation sites is 1. The summed E-state index contributed by atoms with van der Waals surface area (Å²) in [5.74, 6) is -3.62. The van der Waals surface area contributed by atoms with Crippen LogP contribution in [0.25, 0.3) is 6.08 Å². The molecule has 3 aliphatic rings. The van der Waals surface area contributed by atoms with Gasteiger partial charge in [-0.05, 0) is 54.1 Å². The molecule has 35 heavy (non-hydrogen) atoms. The number of nitrogens with one attached hydrogen (secondary N) is 1. The van der Waals surface area contributed by atoms with Crippen molar-refractivity contribution in [1.29, 1.82) is 0 Å². The summed E-state index contributed by atoms with van der Waals surface area (Å²) in [6.45, 7) is 0. The van der Waals surface area contributed by atoms with E-state index in [9.17, 15) is 18.8 Å². The lowest BCUT2D eigenvalue weighted by molar-refractivity contribution is -0.126. The third kappa shape index (κ3) is 3.34. The summed E-state index contributed by atoms with van der Waals surface area (Å²) in [4.78, 5) is 43.9. The normalized spacial score (nSPS) is 24.3. The molecule has 0 aromatic heterocycles. The molecular formula is C27H19ClFN3O3. The van der Waals surface area contributed by atoms with Crippen molar-refractivity contribution in [2.24, 2.45) is 11.8 Å². The lowest BCUT2D eigenvalue weighted by Crippen LogP contribution is -2.50. The number of nitrogens with zero attached hydrogens (tertiary/aromatic N) is 2. The number of hydrogen-bond donors (Lipinski definition) is 1. The van der Waals surface area contributed by atoms with E-state index in [1.54, 1.807) is 24.3 Å². The topological polar surface area (TPSA) is 69.7 Å². The summed E-state index contributed by atoms with van der Waals surface area (Å²) in [6, 6.07) is 18.2. The molecule has 3 aromatic rings. The molecule has 0 saturated carbocycles. The number of imide groups is 1. The average molecular weight is 488 g/mol. The fraction of sp³-hybridized carbons (Fsp3) is 0.148. The summed E-state index contributed by atoms with van der Waals surface area (Å²) in [6.07, 6.45) is 3.78. The average Bonchev–Trinajstić information content (AvgIpc) is 3.33. The smallest absolute Gasteiger partial charge is 0.247 e. The SMILES string of the molecule is O=C(Nc1ccc(Cl)cc1)[C@@H]1[C@H]2C(=O)N(c3cccc(F)c3)C(=O)[C@@H]2[C@H]2C=Cc3ccccc3N21. The second-order valence-corrected chi connectivity index (χ2v) is 9.24. The zero-order valence-electron chi connectivity index (χ0n) is 18.3. The van der Waals surface area contributed by atoms with Crippen LogP contribution in [-0.2, 0) is 14.4 Å². The Morgan fingerprint density at radius 1 is 0.914 bits per heavy atom. The first kappa shape index (κ1) is 21.6. The molecule has 3 amide bonds. The Kier molecular flexibility index (Phi) is 4.96. The van der Waals surface area contributed by atoms with E-state index < -0.39 is 47.5 Å². The van der Waals surface area contributed by atoms with Crippen LogP contribution in [0.2, 0.25) is 5.02 Å². The zero-order valence-corrected chi connectivity index (χ0v) is 19.0. The van der Waals surface area contributed by atoms with Crippen LogP contribution in [0.15, 0.2) is 78.9 Å². The Hall–Kier alpha value is -3.97. The molecule has 3 aliphatic heterocycles. The van der Waals surface area contributed by atoms with Gasteiger partial charge in [-0.15, -0.1) is 0 Å². The molecule has 0 aliphatic carbocycles. The van der Waals surface area contributed by atoms with Gasteiger partial charge in [-0.1, -0.05) is 48.0 Å². The number of hydrogen-bond acceptors (Lipinski definition) is 4. The van der Waals surface area contributed by atoms with Crippen molar-refractivity contribution in [1.82, 2.24) is 0 Å². The Bertz CT molecular complexity index is 1410. The van der Waals surface area contributed by atoms with Gasteiger partial charge in [-0.25, -0.2) is 9.29 Å². The van der Waals surface area contributed by atoms with Gasteiger partial charge in [0.2, 0.25) is 17.7 Å². The van der Waals surface area contributed by atoms with Crippen molar-refractivity contribution in [2.75, 3.05) is 15.1 Å². The largest absolute Gasteiger partial charge is 0.351 e. The maximum absolute atomic E-state index is 13.9. The third-order valence-corrected chi connectivity index (χ3v) is 7.11. The highest BCUT2D eigenvalue weighted by molar-refractivity contribution is 6.30. The van der Waals surface area contributed by atoms with Crippen LogP contribution in [0.3, 0.4) is 0 Å². The summed E-state index contributed by atoms with van der Waals surface area (Å²) >= 11 is 5.97. The maximum atomic E-state index is 13.9. The van der Waals surface area contributed by atoms with E-state index in [0.717, 1.165) is 22.2 Å². The Morgan fingerprint density at radius 2 is 1.66 bits per heavy atom. The number of carbonyl (C=O) groups is 3. The molecule has 0 spiro atoms. The maximum Gasteiger partial charge on any atom is 0.247 e. The lowest BCUT2D eigenvalue weighted by Gasteiger charge is -2.36. The lowest BCUT2D eigenvalue weighted by atomic mass is 9.88. The molecule has 8 heteroatoms. The van der Waals surface area contributed by atoms with Gasteiger partial charge in [0, 0.05) is 16.4 Å². The van der Waals surface area contributed by atoms with Gasteiger partial charge in [-0.3, -0.25) is 14.4 Å². The molecule has 4 atom stereocenters. The first-order valence-corrected chi connectivity index (χ1v) is 11.6. The van der Waals surface area contributed by atoms with Crippen LogP contribution < -0.4 is 15.1 Å². The molecule has 1 N–H and O–H groups in total. The number of benzene rings is 3. The molecule has 3 heterocycles. The van der Waals surface area contributed by atoms with Gasteiger partial charge >= 0.3 is 0 Å². The highest BCUT2D eigenvalue weighted by Gasteiger charge is 2.64. The molecule has 0 bridgehead atoms. The summed E-state index contributed by atoms with van der Waals surface area (Å²) < 4.78 is 13.9. The molecule has 174 valence electrons. The second-order valence-electron chi connectivity index (χ2n) is 8.80. The third-order valence-electron chi connectivity index (χ3n) is 6.86. The van der Waals surface area contributed by atoms with Crippen molar-refractivity contribution < 1.29 is 18.8 Å². The second kappa shape index (κ2) is 8.06. The number of anilines is 3. The van der Waals surface area contributed by atoms with Gasteiger partial charge in [0.25, 0.3) is 0 Å². The van der Waals surface area contributed by atoms with Crippen LogP contribution in [0.4, 0.5) is 21.5 Å². The van der Waals surface area contributed by atoms with Crippen molar-refractivity contribution in [3.63, 3.8) is 0 Å². The minimum absolute atomic E-state index is 0.165. The molecule has 6 nitrogen and oxygen atoms in total. The van der Waals surface area contributed by atoms with Gasteiger partial charge in [0.15, 0.2) is 0 Å². The highest BCUT2D eigenvalue weighted by atomic mass is 35.5. The van der Waals surface area contributed by atoms with Crippen LogP contribution in [-0.4, -0.2) is 29.8 Å². The van der Waals surface area contributed by atoms with E-state index in [1.807, 2.05) is 41.3 Å². The van der Waals surface area contributed by atoms with E-state index in [0.29, 0.717) is 10.7 Å². The predicted octanol–water partition coefficient (Wildman–Crippen LogP) is 4.51. The van der Waals surface area contributed by atoms with Crippen molar-refractivity contribution in [3.8, 4) is 0 Å². The Balaban J connectivity index is 1.44. The van der Waals surface area contributed by atoms with E-state index in [4.69, 9.17) is 11.6 Å². The van der Waals surface area contributed by atoms with E-state index >= 15 is 0 Å². The molecule has 0 unspecified atom stereocenters. The number of amides is 3. The van der Waals surface area contributed by atoms with Crippen molar-refractivity contribution >= 4 is 52.5 Å². The molecule has 3 aromatic carbocycles. The number of fused-ring (bicyclic) bond motifs is 5. The molecule has 2 fully saturated rings. The fourth-order valence-corrected chi connectivity index (χ4v) is 5.56. The van der Waals surface area contributed by atoms with Gasteiger partial charge in [0.1, 0.15) is 11.9 Å². The summed E-state index contributed by atoms with van der Waals surface area (Å²) in [5.41, 5.74) is 2.37. The molecule has 6 rings (SSSR count). The molecular weight excluding hydrogens is 469 g/mol. The van der Waals surface area contributed by atoms with Crippen LogP contribution in [0, 0.1) is 17.7 Å². The van der Waals surface area contributed by atoms with E-state index in [2.05, 4.69) is 5.32 Å². The molecule has 2 saturated heterocycles. The van der Waals surface area contributed by atoms with Gasteiger partial charge < -0.3 is 10.2 Å². The Labute approximate surface area is 205 Å². The number of rotatable bonds is 3. The first-order chi connectivity index (χ1) is 16.9. The van der Waals surface area contributed by atoms with Crippen LogP contribution in [0.5, 0.6) is 0 Å². The van der Waals surface area contributed by atoms with Crippen molar-refractivity contribution in [3.05, 3.63) is 95.3 Å². The fourth-order valence-electron chi connectivity index (χ4n) is 5.43. The van der Waals surface area contributed by atoms with Crippen molar-refractivity contribution in [2.45, 2.75) is 12.1 Å². The van der Waals surface area contributed by atoms with E-state index in [-0.39, 0.29) is 5.69 Å². The highest BCUT2D eigenvalue weighted by Crippen LogP contribution is 2.49. The predicted molar refractivity (Wildman–Crippen MR) is 131 cm³/mol. The summed E-state index contributed by atoms with van der Waals surface area (Å²) in [5, 5.41) is 3.41. The van der Waals surface area contributed by atoms with Gasteiger partial charge in [0.05, 0.1) is 23.6 Å². The standard InChI is InChI=1S/C27H19ClFN3O3/c28-16-9-11-18(12-10-16)30-25(33)24-23-22(21-13-8-15-4-1-2-7-20(15)32(21)24)26(34)31(27(23)35)19-6-3-5-17(29)14-19/h1-14,21-24H,(H,30,33)/t21-,22-,23+,24+/m1/s1. The number of carbonyl (C=O) groups excluding carboxylic acids is 3.